The first-order valence-corrected chi connectivity index (χ1v) is 7.20. The Hall–Kier alpha value is -1.79. The Bertz CT molecular complexity index is 584. The zero-order valence-electron chi connectivity index (χ0n) is 12.1. The predicted octanol–water partition coefficient (Wildman–Crippen LogP) is 1.57. The highest BCUT2D eigenvalue weighted by Crippen LogP contribution is 2.18. The lowest BCUT2D eigenvalue weighted by atomic mass is 10.1. The summed E-state index contributed by atoms with van der Waals surface area (Å²) >= 11 is 0. The maximum absolute atomic E-state index is 12.8. The van der Waals surface area contributed by atoms with Crippen molar-refractivity contribution in [1.29, 1.82) is 0 Å². The summed E-state index contributed by atoms with van der Waals surface area (Å²) in [6.45, 7) is 2.81. The van der Waals surface area contributed by atoms with Crippen LogP contribution >= 0.6 is 0 Å². The molecule has 0 bridgehead atoms. The predicted molar refractivity (Wildman–Crippen MR) is 76.3 cm³/mol. The van der Waals surface area contributed by atoms with E-state index in [-0.39, 0.29) is 11.9 Å². The van der Waals surface area contributed by atoms with Crippen molar-refractivity contribution in [2.24, 2.45) is 0 Å². The molecule has 2 aromatic rings. The smallest absolute Gasteiger partial charge is 0.227 e. The molecule has 2 heterocycles. The van der Waals surface area contributed by atoms with Crippen LogP contribution in [0.5, 0.6) is 0 Å². The Kier molecular flexibility index (Phi) is 4.26. The zero-order chi connectivity index (χ0) is 14.7. The molecule has 0 spiro atoms. The van der Waals surface area contributed by atoms with Crippen molar-refractivity contribution in [2.45, 2.75) is 18.9 Å². The third kappa shape index (κ3) is 3.46. The van der Waals surface area contributed by atoms with E-state index in [1.165, 1.54) is 12.1 Å². The number of nitrogens with zero attached hydrogens (tertiary/aromatic N) is 3. The van der Waals surface area contributed by atoms with E-state index in [2.05, 4.69) is 27.4 Å². The minimum Gasteiger partial charge on any atom is -0.339 e. The van der Waals surface area contributed by atoms with E-state index in [4.69, 9.17) is 4.52 Å². The Morgan fingerprint density at radius 2 is 2.14 bits per heavy atom. The summed E-state index contributed by atoms with van der Waals surface area (Å²) in [6, 6.07) is 6.67. The van der Waals surface area contributed by atoms with Gasteiger partial charge < -0.3 is 9.84 Å². The Morgan fingerprint density at radius 1 is 1.33 bits per heavy atom. The van der Waals surface area contributed by atoms with Crippen LogP contribution in [0, 0.1) is 5.82 Å². The lowest BCUT2D eigenvalue weighted by molar-refractivity contribution is 0.190. The molecule has 1 atom stereocenters. The van der Waals surface area contributed by atoms with Gasteiger partial charge in [-0.3, -0.25) is 4.90 Å². The van der Waals surface area contributed by atoms with Gasteiger partial charge in [-0.05, 0) is 31.2 Å². The number of aryl methyl sites for hydroxylation is 2. The molecule has 5 nitrogen and oxygen atoms in total. The second kappa shape index (κ2) is 6.32. The van der Waals surface area contributed by atoms with Gasteiger partial charge in [0.05, 0.1) is 6.04 Å². The fourth-order valence-corrected chi connectivity index (χ4v) is 2.50. The van der Waals surface area contributed by atoms with E-state index in [0.717, 1.165) is 37.4 Å². The maximum Gasteiger partial charge on any atom is 0.227 e. The summed E-state index contributed by atoms with van der Waals surface area (Å²) in [5.74, 6) is 1.15. The van der Waals surface area contributed by atoms with Gasteiger partial charge in [-0.15, -0.1) is 0 Å². The van der Waals surface area contributed by atoms with Gasteiger partial charge >= 0.3 is 0 Å². The molecule has 1 aliphatic rings. The first-order chi connectivity index (χ1) is 10.2. The number of aromatic nitrogens is 2. The summed E-state index contributed by atoms with van der Waals surface area (Å²) in [4.78, 5) is 6.71. The number of piperazine rings is 1. The highest BCUT2D eigenvalue weighted by atomic mass is 19.1. The van der Waals surface area contributed by atoms with Crippen LogP contribution in [0.1, 0.15) is 23.3 Å². The molecule has 1 unspecified atom stereocenters. The molecule has 0 radical (unpaired) electrons. The molecule has 1 aliphatic heterocycles. The number of hydrogen-bond acceptors (Lipinski definition) is 5. The second-order valence-corrected chi connectivity index (χ2v) is 5.37. The van der Waals surface area contributed by atoms with Crippen molar-refractivity contribution in [3.63, 3.8) is 0 Å². The molecule has 1 fully saturated rings. The van der Waals surface area contributed by atoms with Crippen LogP contribution in [0.3, 0.4) is 0 Å². The van der Waals surface area contributed by atoms with Crippen LogP contribution in [-0.2, 0) is 12.8 Å². The van der Waals surface area contributed by atoms with Crippen LogP contribution in [0.2, 0.25) is 0 Å². The van der Waals surface area contributed by atoms with Gasteiger partial charge in [-0.25, -0.2) is 4.39 Å². The molecule has 1 aromatic heterocycles. The molecule has 0 amide bonds. The van der Waals surface area contributed by atoms with Crippen LogP contribution < -0.4 is 5.32 Å². The molecule has 21 heavy (non-hydrogen) atoms. The van der Waals surface area contributed by atoms with Gasteiger partial charge in [0.25, 0.3) is 0 Å². The molecule has 6 heteroatoms. The number of halogens is 1. The Balaban J connectivity index is 1.61. The van der Waals surface area contributed by atoms with Crippen molar-refractivity contribution >= 4 is 0 Å². The molecule has 0 aliphatic carbocycles. The molecule has 1 saturated heterocycles. The average Bonchev–Trinajstić information content (AvgIpc) is 2.96. The van der Waals surface area contributed by atoms with Crippen molar-refractivity contribution in [1.82, 2.24) is 20.4 Å². The Morgan fingerprint density at radius 3 is 2.90 bits per heavy atom. The van der Waals surface area contributed by atoms with E-state index >= 15 is 0 Å². The molecular formula is C15H19FN4O. The largest absolute Gasteiger partial charge is 0.339 e. The van der Waals surface area contributed by atoms with Gasteiger partial charge in [0.15, 0.2) is 5.82 Å². The summed E-state index contributed by atoms with van der Waals surface area (Å²) in [6.07, 6.45) is 1.43. The number of nitrogens with one attached hydrogen (secondary N) is 1. The van der Waals surface area contributed by atoms with Gasteiger partial charge in [-0.1, -0.05) is 17.3 Å². The van der Waals surface area contributed by atoms with Crippen LogP contribution in [0.4, 0.5) is 4.39 Å². The maximum atomic E-state index is 12.8. The van der Waals surface area contributed by atoms with E-state index in [1.54, 1.807) is 12.1 Å². The van der Waals surface area contributed by atoms with Crippen LogP contribution in [-0.4, -0.2) is 41.7 Å². The summed E-state index contributed by atoms with van der Waals surface area (Å²) in [5.41, 5.74) is 1.06. The fraction of sp³-hybridized carbons (Fsp3) is 0.467. The third-order valence-electron chi connectivity index (χ3n) is 3.83. The topological polar surface area (TPSA) is 54.2 Å². The molecule has 1 aromatic carbocycles. The highest BCUT2D eigenvalue weighted by Gasteiger charge is 2.25. The molecular weight excluding hydrogens is 271 g/mol. The van der Waals surface area contributed by atoms with Crippen molar-refractivity contribution in [3.05, 3.63) is 47.4 Å². The van der Waals surface area contributed by atoms with Crippen molar-refractivity contribution in [3.8, 4) is 0 Å². The Labute approximate surface area is 123 Å². The average molecular weight is 290 g/mol. The lowest BCUT2D eigenvalue weighted by Crippen LogP contribution is -2.44. The number of likely N-dealkylation sites (N-methyl/N-ethyl adjacent to an activating group) is 1. The van der Waals surface area contributed by atoms with E-state index in [9.17, 15) is 4.39 Å². The second-order valence-electron chi connectivity index (χ2n) is 5.37. The lowest BCUT2D eigenvalue weighted by Gasteiger charge is -2.30. The van der Waals surface area contributed by atoms with Gasteiger partial charge in [0.1, 0.15) is 5.82 Å². The molecule has 0 saturated carbocycles. The van der Waals surface area contributed by atoms with Gasteiger partial charge in [0, 0.05) is 26.1 Å². The SMILES string of the molecule is CN1CCNCC1c1noc(CCc2ccc(F)cc2)n1. The van der Waals surface area contributed by atoms with E-state index < -0.39 is 0 Å². The van der Waals surface area contributed by atoms with Crippen LogP contribution in [0.25, 0.3) is 0 Å². The van der Waals surface area contributed by atoms with Gasteiger partial charge in [0.2, 0.25) is 5.89 Å². The monoisotopic (exact) mass is 290 g/mol. The zero-order valence-corrected chi connectivity index (χ0v) is 12.1. The third-order valence-corrected chi connectivity index (χ3v) is 3.83. The first-order valence-electron chi connectivity index (χ1n) is 7.20. The summed E-state index contributed by atoms with van der Waals surface area (Å²) < 4.78 is 18.2. The number of benzene rings is 1. The number of hydrogen-bond donors (Lipinski definition) is 1. The minimum atomic E-state index is -0.216. The van der Waals surface area contributed by atoms with Gasteiger partial charge in [-0.2, -0.15) is 4.98 Å². The summed E-state index contributed by atoms with van der Waals surface area (Å²) in [5, 5.41) is 7.43. The normalized spacial score (nSPS) is 19.8. The standard InChI is InChI=1S/C15H19FN4O/c1-20-9-8-17-10-13(20)15-18-14(21-19-15)7-4-11-2-5-12(16)6-3-11/h2-3,5-6,13,17H,4,7-10H2,1H3. The minimum absolute atomic E-state index is 0.169. The number of rotatable bonds is 4. The first kappa shape index (κ1) is 14.2. The van der Waals surface area contributed by atoms with Crippen molar-refractivity contribution < 1.29 is 8.91 Å². The molecule has 112 valence electrons. The quantitative estimate of drug-likeness (QED) is 0.926. The fourth-order valence-electron chi connectivity index (χ4n) is 2.50. The van der Waals surface area contributed by atoms with Crippen molar-refractivity contribution in [2.75, 3.05) is 26.7 Å². The molecule has 3 rings (SSSR count). The molecule has 1 N–H and O–H groups in total. The van der Waals surface area contributed by atoms with E-state index in [1.807, 2.05) is 0 Å². The van der Waals surface area contributed by atoms with E-state index in [0.29, 0.717) is 12.3 Å². The summed E-state index contributed by atoms with van der Waals surface area (Å²) in [7, 11) is 2.07. The highest BCUT2D eigenvalue weighted by molar-refractivity contribution is 5.16. The van der Waals surface area contributed by atoms with Crippen LogP contribution in [0.15, 0.2) is 28.8 Å².